The lowest BCUT2D eigenvalue weighted by Crippen LogP contribution is -2.46. The number of imidazole rings is 1. The Labute approximate surface area is 236 Å². The first-order valence-corrected chi connectivity index (χ1v) is 14.3. The summed E-state index contributed by atoms with van der Waals surface area (Å²) >= 11 is 0. The molecule has 0 saturated carbocycles. The molecule has 2 aromatic rings. The molecule has 3 saturated heterocycles. The van der Waals surface area contributed by atoms with E-state index in [-0.39, 0.29) is 35.3 Å². The first-order valence-electron chi connectivity index (χ1n) is 14.3. The Morgan fingerprint density at radius 2 is 1.77 bits per heavy atom. The molecule has 9 nitrogen and oxygen atoms in total. The Morgan fingerprint density at radius 3 is 2.40 bits per heavy atom. The van der Waals surface area contributed by atoms with Gasteiger partial charge in [-0.15, -0.1) is 0 Å². The summed E-state index contributed by atoms with van der Waals surface area (Å²) in [7, 11) is 1.67. The van der Waals surface area contributed by atoms with E-state index in [1.165, 1.54) is 5.57 Å². The molecule has 5 heterocycles. The molecule has 5 atom stereocenters. The van der Waals surface area contributed by atoms with Gasteiger partial charge in [0.2, 0.25) is 0 Å². The Bertz CT molecular complexity index is 1370. The molecule has 9 heteroatoms. The molecule has 1 aliphatic carbocycles. The average Bonchev–Trinajstić information content (AvgIpc) is 3.52. The van der Waals surface area contributed by atoms with Crippen molar-refractivity contribution >= 4 is 23.4 Å². The molecule has 4 aliphatic rings. The molecule has 40 heavy (non-hydrogen) atoms. The van der Waals surface area contributed by atoms with E-state index in [1.54, 1.807) is 19.5 Å². The highest BCUT2D eigenvalue weighted by atomic mass is 16.8. The van der Waals surface area contributed by atoms with Crippen LogP contribution < -0.4 is 5.32 Å². The zero-order chi connectivity index (χ0) is 28.5. The number of carbonyl (C=O) groups excluding carboxylic acids is 1. The van der Waals surface area contributed by atoms with Gasteiger partial charge < -0.3 is 24.5 Å². The topological polar surface area (TPSA) is 111 Å². The van der Waals surface area contributed by atoms with E-state index in [0.29, 0.717) is 11.4 Å². The average molecular weight is 548 g/mol. The lowest BCUT2D eigenvalue weighted by molar-refractivity contribution is -0.242. The Morgan fingerprint density at radius 1 is 1.07 bits per heavy atom. The van der Waals surface area contributed by atoms with Crippen LogP contribution in [0.15, 0.2) is 29.4 Å². The van der Waals surface area contributed by atoms with Crippen LogP contribution in [-0.4, -0.2) is 63.3 Å². The fourth-order valence-electron chi connectivity index (χ4n) is 7.05. The van der Waals surface area contributed by atoms with Gasteiger partial charge in [-0.2, -0.15) is 0 Å². The molecule has 214 valence electrons. The highest BCUT2D eigenvalue weighted by Crippen LogP contribution is 2.58. The first kappa shape index (κ1) is 27.3. The van der Waals surface area contributed by atoms with E-state index in [4.69, 9.17) is 19.2 Å². The molecular weight excluding hydrogens is 506 g/mol. The van der Waals surface area contributed by atoms with E-state index >= 15 is 0 Å². The second-order valence-electron chi connectivity index (χ2n) is 13.6. The largest absolute Gasteiger partial charge is 0.363 e. The minimum Gasteiger partial charge on any atom is -0.363 e. The maximum absolute atomic E-state index is 13.2. The summed E-state index contributed by atoms with van der Waals surface area (Å²) in [5.74, 6) is -0.508. The Hall–Kier alpha value is -2.88. The number of nitrogens with zero attached hydrogens (tertiary/aromatic N) is 3. The number of rotatable bonds is 5. The molecule has 6 rings (SSSR count). The number of ether oxygens (including phenoxy) is 3. The number of aromatic amines is 1. The van der Waals surface area contributed by atoms with Crippen molar-refractivity contribution in [3.8, 4) is 0 Å². The molecule has 3 fully saturated rings. The van der Waals surface area contributed by atoms with Crippen molar-refractivity contribution in [3.63, 3.8) is 0 Å². The van der Waals surface area contributed by atoms with Gasteiger partial charge in [0, 0.05) is 31.1 Å². The number of allylic oxidation sites excluding steroid dienone is 2. The van der Waals surface area contributed by atoms with Crippen molar-refractivity contribution in [3.05, 3.63) is 47.3 Å². The van der Waals surface area contributed by atoms with E-state index in [1.807, 2.05) is 26.0 Å². The van der Waals surface area contributed by atoms with Crippen molar-refractivity contribution in [2.75, 3.05) is 12.4 Å². The molecule has 2 N–H and O–H groups in total. The fraction of sp³-hybridized carbons (Fsp3) is 0.613. The Balaban J connectivity index is 1.32. The molecule has 3 aliphatic heterocycles. The number of anilines is 1. The lowest BCUT2D eigenvalue weighted by atomic mass is 9.77. The third-order valence-corrected chi connectivity index (χ3v) is 9.00. The summed E-state index contributed by atoms with van der Waals surface area (Å²) in [4.78, 5) is 29.7. The Kier molecular flexibility index (Phi) is 6.36. The van der Waals surface area contributed by atoms with Gasteiger partial charge in [-0.25, -0.2) is 4.98 Å². The van der Waals surface area contributed by atoms with Gasteiger partial charge >= 0.3 is 0 Å². The van der Waals surface area contributed by atoms with Crippen LogP contribution in [0, 0.1) is 5.41 Å². The van der Waals surface area contributed by atoms with Crippen molar-refractivity contribution in [1.82, 2.24) is 15.0 Å². The SMILES string of the molecule is C/N=C\c1c[nH]c(C(=O)Nc2ccc([C@H]3C[C@@]4(C)O[C@@](C)(C3)[C@@H]3OC(C)(C)O[C@@H]34)nc2C2=CCC(C)(C)CC2)n1. The number of pyridine rings is 1. The standard InChI is InChI=1S/C31H41N5O4/c1-28(2)12-10-18(11-13-28)23-22(36-27(37)26-33-17-20(34-26)16-32-7)9-8-21(35-23)19-14-30(5)24-25(31(6,15-19)40-30)39-29(3,4)38-24/h8-10,16-17,19,24-25H,11-15H2,1-7H3,(H,33,34)(H,36,37)/b32-16-/t19-,24-,25+,30+,31-. The number of nitrogens with one attached hydrogen (secondary N) is 2. The third kappa shape index (κ3) is 4.82. The van der Waals surface area contributed by atoms with E-state index in [0.717, 1.165) is 43.5 Å². The number of aliphatic imine (C=N–C) groups is 1. The monoisotopic (exact) mass is 547 g/mol. The van der Waals surface area contributed by atoms with Crippen LogP contribution >= 0.6 is 0 Å². The van der Waals surface area contributed by atoms with Gasteiger partial charge in [-0.1, -0.05) is 19.9 Å². The van der Waals surface area contributed by atoms with E-state index in [9.17, 15) is 4.79 Å². The van der Waals surface area contributed by atoms with Crippen LogP contribution in [-0.2, 0) is 14.2 Å². The molecule has 0 aromatic carbocycles. The van der Waals surface area contributed by atoms with Crippen LogP contribution in [0.25, 0.3) is 5.57 Å². The van der Waals surface area contributed by atoms with Crippen LogP contribution in [0.1, 0.15) is 107 Å². The number of carbonyl (C=O) groups is 1. The summed E-state index contributed by atoms with van der Waals surface area (Å²) in [6.07, 6.45) is 9.87. The van der Waals surface area contributed by atoms with Crippen molar-refractivity contribution < 1.29 is 19.0 Å². The summed E-state index contributed by atoms with van der Waals surface area (Å²) in [5.41, 5.74) is 3.66. The number of aromatic nitrogens is 3. The lowest BCUT2D eigenvalue weighted by Gasteiger charge is -2.43. The summed E-state index contributed by atoms with van der Waals surface area (Å²) in [5, 5.41) is 3.07. The summed E-state index contributed by atoms with van der Waals surface area (Å²) < 4.78 is 19.3. The second-order valence-corrected chi connectivity index (χ2v) is 13.6. The normalized spacial score (nSPS) is 34.1. The number of fused-ring (bicyclic) bond motifs is 5. The maximum Gasteiger partial charge on any atom is 0.291 e. The number of hydrogen-bond donors (Lipinski definition) is 2. The van der Waals surface area contributed by atoms with E-state index in [2.05, 4.69) is 54.0 Å². The first-order chi connectivity index (χ1) is 18.8. The second kappa shape index (κ2) is 9.33. The number of H-pyrrole nitrogens is 1. The smallest absolute Gasteiger partial charge is 0.291 e. The summed E-state index contributed by atoms with van der Waals surface area (Å²) in [6.45, 7) is 12.8. The number of amides is 1. The van der Waals surface area contributed by atoms with Gasteiger partial charge in [0.05, 0.1) is 28.3 Å². The van der Waals surface area contributed by atoms with Crippen molar-refractivity contribution in [2.45, 2.75) is 109 Å². The molecule has 0 spiro atoms. The minimum absolute atomic E-state index is 0.116. The molecule has 2 aromatic heterocycles. The summed E-state index contributed by atoms with van der Waals surface area (Å²) in [6, 6.07) is 4.04. The van der Waals surface area contributed by atoms with Crippen molar-refractivity contribution in [1.29, 1.82) is 0 Å². The predicted molar refractivity (Wildman–Crippen MR) is 154 cm³/mol. The quantitative estimate of drug-likeness (QED) is 0.469. The van der Waals surface area contributed by atoms with Gasteiger partial charge in [0.25, 0.3) is 5.91 Å². The maximum atomic E-state index is 13.2. The molecular formula is C31H41N5O4. The van der Waals surface area contributed by atoms with Gasteiger partial charge in [-0.3, -0.25) is 14.8 Å². The molecule has 1 amide bonds. The fourth-order valence-corrected chi connectivity index (χ4v) is 7.05. The van der Waals surface area contributed by atoms with Crippen LogP contribution in [0.3, 0.4) is 0 Å². The number of hydrogen-bond acceptors (Lipinski definition) is 7. The molecule has 2 bridgehead atoms. The van der Waals surface area contributed by atoms with Gasteiger partial charge in [0.15, 0.2) is 11.6 Å². The zero-order valence-corrected chi connectivity index (χ0v) is 24.6. The predicted octanol–water partition coefficient (Wildman–Crippen LogP) is 5.64. The highest BCUT2D eigenvalue weighted by molar-refractivity contribution is 6.03. The molecule has 0 unspecified atom stereocenters. The van der Waals surface area contributed by atoms with Crippen LogP contribution in [0.4, 0.5) is 5.69 Å². The zero-order valence-electron chi connectivity index (χ0n) is 24.6. The van der Waals surface area contributed by atoms with Gasteiger partial charge in [0.1, 0.15) is 12.2 Å². The van der Waals surface area contributed by atoms with E-state index < -0.39 is 17.0 Å². The third-order valence-electron chi connectivity index (χ3n) is 9.00. The minimum atomic E-state index is -0.612. The van der Waals surface area contributed by atoms with Crippen molar-refractivity contribution in [2.24, 2.45) is 10.4 Å². The van der Waals surface area contributed by atoms with Crippen LogP contribution in [0.2, 0.25) is 0 Å². The molecule has 0 radical (unpaired) electrons. The van der Waals surface area contributed by atoms with Crippen LogP contribution in [0.5, 0.6) is 0 Å². The highest BCUT2D eigenvalue weighted by Gasteiger charge is 2.68. The van der Waals surface area contributed by atoms with Gasteiger partial charge in [-0.05, 0) is 82.9 Å².